The molecule has 2 aliphatic rings. The number of carbonyl (C=O) groups is 1. The molecular weight excluding hydrogens is 550 g/mol. The number of rotatable bonds is 6. The molecule has 196 valence electrons. The summed E-state index contributed by atoms with van der Waals surface area (Å²) in [5.41, 5.74) is 0.202. The molecule has 2 fully saturated rings. The molecule has 1 aliphatic heterocycles. The van der Waals surface area contributed by atoms with E-state index in [9.17, 15) is 17.6 Å². The van der Waals surface area contributed by atoms with E-state index in [4.69, 9.17) is 39.5 Å². The van der Waals surface area contributed by atoms with Crippen LogP contribution in [-0.4, -0.2) is 44.5 Å². The van der Waals surface area contributed by atoms with E-state index >= 15 is 0 Å². The quantitative estimate of drug-likeness (QED) is 0.456. The van der Waals surface area contributed by atoms with Crippen LogP contribution < -0.4 is 9.46 Å². The zero-order valence-corrected chi connectivity index (χ0v) is 22.9. The Morgan fingerprint density at radius 1 is 0.972 bits per heavy atom. The first-order valence-electron chi connectivity index (χ1n) is 11.9. The van der Waals surface area contributed by atoms with E-state index in [2.05, 4.69) is 9.62 Å². The fourth-order valence-electron chi connectivity index (χ4n) is 4.98. The topological polar surface area (TPSA) is 75.7 Å². The number of hydrogen-bond acceptors (Lipinski definition) is 5. The van der Waals surface area contributed by atoms with Gasteiger partial charge in [-0.3, -0.25) is 4.79 Å². The van der Waals surface area contributed by atoms with Gasteiger partial charge in [0.1, 0.15) is 17.7 Å². The summed E-state index contributed by atoms with van der Waals surface area (Å²) in [6, 6.07) is 7.54. The normalized spacial score (nSPS) is 21.8. The standard InChI is InChI=1S/C25H28Cl3FN2O4S/c1-15-22(27)12-17(29)13-24(15)36(33,34)30-25(32)16-2-4-18(5-3-16)31-10-8-19(9-11-31)35-20-6-7-21(26)23(28)14-20/h6-7,12-14,16,18-19H,2-5,8-11H2,1H3,(H,30,32)/t16-,18-. The van der Waals surface area contributed by atoms with Gasteiger partial charge in [0.2, 0.25) is 5.91 Å². The highest BCUT2D eigenvalue weighted by atomic mass is 35.5. The maximum atomic E-state index is 13.7. The third kappa shape index (κ3) is 6.45. The number of carbonyl (C=O) groups excluding carboxylic acids is 1. The number of nitrogens with one attached hydrogen (secondary N) is 1. The van der Waals surface area contributed by atoms with Gasteiger partial charge in [0.25, 0.3) is 10.0 Å². The number of nitrogens with zero attached hydrogens (tertiary/aromatic N) is 1. The van der Waals surface area contributed by atoms with Crippen LogP contribution in [0.1, 0.15) is 44.1 Å². The summed E-state index contributed by atoms with van der Waals surface area (Å²) < 4.78 is 47.4. The van der Waals surface area contributed by atoms with Crippen molar-refractivity contribution in [3.63, 3.8) is 0 Å². The van der Waals surface area contributed by atoms with Crippen molar-refractivity contribution in [1.29, 1.82) is 0 Å². The summed E-state index contributed by atoms with van der Waals surface area (Å²) in [7, 11) is -4.22. The third-order valence-corrected chi connectivity index (χ3v) is 9.64. The second-order valence-corrected chi connectivity index (χ2v) is 12.3. The summed E-state index contributed by atoms with van der Waals surface area (Å²) in [4.78, 5) is 14.9. The zero-order valence-electron chi connectivity index (χ0n) is 19.8. The van der Waals surface area contributed by atoms with E-state index in [1.54, 1.807) is 12.1 Å². The Labute approximate surface area is 226 Å². The van der Waals surface area contributed by atoms with E-state index in [1.807, 2.05) is 6.07 Å². The van der Waals surface area contributed by atoms with Crippen LogP contribution in [0.2, 0.25) is 15.1 Å². The van der Waals surface area contributed by atoms with Crippen molar-refractivity contribution in [3.8, 4) is 5.75 Å². The van der Waals surface area contributed by atoms with Crippen LogP contribution in [0, 0.1) is 18.7 Å². The van der Waals surface area contributed by atoms with Crippen molar-refractivity contribution in [3.05, 3.63) is 56.8 Å². The van der Waals surface area contributed by atoms with E-state index < -0.39 is 27.7 Å². The Morgan fingerprint density at radius 3 is 2.28 bits per heavy atom. The number of piperidine rings is 1. The molecule has 2 aromatic rings. The van der Waals surface area contributed by atoms with Gasteiger partial charge >= 0.3 is 0 Å². The number of benzene rings is 2. The van der Waals surface area contributed by atoms with Crippen molar-refractivity contribution in [1.82, 2.24) is 9.62 Å². The van der Waals surface area contributed by atoms with Crippen LogP contribution in [-0.2, 0) is 14.8 Å². The van der Waals surface area contributed by atoms with Gasteiger partial charge in [0, 0.05) is 36.1 Å². The van der Waals surface area contributed by atoms with Crippen LogP contribution in [0.25, 0.3) is 0 Å². The van der Waals surface area contributed by atoms with E-state index in [0.717, 1.165) is 50.9 Å². The Bertz CT molecular complexity index is 1230. The molecule has 36 heavy (non-hydrogen) atoms. The van der Waals surface area contributed by atoms with E-state index in [1.165, 1.54) is 6.92 Å². The maximum absolute atomic E-state index is 13.7. The first kappa shape index (κ1) is 27.5. The largest absolute Gasteiger partial charge is 0.490 e. The molecule has 1 N–H and O–H groups in total. The molecule has 0 aromatic heterocycles. The van der Waals surface area contributed by atoms with Crippen molar-refractivity contribution in [2.75, 3.05) is 13.1 Å². The van der Waals surface area contributed by atoms with Gasteiger partial charge in [0.15, 0.2) is 0 Å². The highest BCUT2D eigenvalue weighted by Crippen LogP contribution is 2.32. The lowest BCUT2D eigenvalue weighted by Crippen LogP contribution is -2.46. The monoisotopic (exact) mass is 576 g/mol. The Hall–Kier alpha value is -1.58. The average Bonchev–Trinajstić information content (AvgIpc) is 2.84. The molecule has 1 heterocycles. The minimum atomic E-state index is -4.22. The third-order valence-electron chi connectivity index (χ3n) is 7.04. The highest BCUT2D eigenvalue weighted by molar-refractivity contribution is 7.90. The van der Waals surface area contributed by atoms with Gasteiger partial charge in [-0.25, -0.2) is 17.5 Å². The zero-order chi connectivity index (χ0) is 26.0. The van der Waals surface area contributed by atoms with Gasteiger partial charge in [-0.15, -0.1) is 0 Å². The molecule has 0 unspecified atom stereocenters. The summed E-state index contributed by atoms with van der Waals surface area (Å²) >= 11 is 18.0. The van der Waals surface area contributed by atoms with Crippen LogP contribution >= 0.6 is 34.8 Å². The minimum absolute atomic E-state index is 0.00512. The van der Waals surface area contributed by atoms with E-state index in [-0.39, 0.29) is 21.6 Å². The molecule has 0 atom stereocenters. The predicted octanol–water partition coefficient (Wildman–Crippen LogP) is 6.00. The smallest absolute Gasteiger partial charge is 0.264 e. The van der Waals surface area contributed by atoms with E-state index in [0.29, 0.717) is 34.7 Å². The first-order chi connectivity index (χ1) is 17.0. The fourth-order valence-corrected chi connectivity index (χ4v) is 6.85. The van der Waals surface area contributed by atoms with Crippen LogP contribution in [0.4, 0.5) is 4.39 Å². The Balaban J connectivity index is 1.26. The molecule has 6 nitrogen and oxygen atoms in total. The minimum Gasteiger partial charge on any atom is -0.490 e. The fraction of sp³-hybridized carbons (Fsp3) is 0.480. The SMILES string of the molecule is Cc1c(Cl)cc(F)cc1S(=O)(=O)NC(=O)[C@H]1CC[C@H](N2CCC(Oc3ccc(Cl)c(Cl)c3)CC2)CC1. The lowest BCUT2D eigenvalue weighted by molar-refractivity contribution is -0.124. The van der Waals surface area contributed by atoms with Crippen molar-refractivity contribution in [2.24, 2.45) is 5.92 Å². The Morgan fingerprint density at radius 2 is 1.64 bits per heavy atom. The van der Waals surface area contributed by atoms with Gasteiger partial charge < -0.3 is 9.64 Å². The van der Waals surface area contributed by atoms with Crippen molar-refractivity contribution in [2.45, 2.75) is 62.5 Å². The van der Waals surface area contributed by atoms with Gasteiger partial charge in [-0.2, -0.15) is 0 Å². The number of amides is 1. The molecule has 1 amide bonds. The second kappa shape index (κ2) is 11.4. The molecule has 1 aliphatic carbocycles. The molecule has 1 saturated carbocycles. The lowest BCUT2D eigenvalue weighted by Gasteiger charge is -2.40. The number of ether oxygens (including phenoxy) is 1. The summed E-state index contributed by atoms with van der Waals surface area (Å²) in [5.74, 6) is -1.03. The van der Waals surface area contributed by atoms with Crippen LogP contribution in [0.15, 0.2) is 35.2 Å². The second-order valence-electron chi connectivity index (χ2n) is 9.42. The number of halogens is 4. The van der Waals surface area contributed by atoms with Crippen molar-refractivity contribution < 1.29 is 22.3 Å². The Kier molecular flexibility index (Phi) is 8.72. The molecular formula is C25H28Cl3FN2O4S. The summed E-state index contributed by atoms with van der Waals surface area (Å²) in [6.07, 6.45) is 4.67. The molecule has 2 aromatic carbocycles. The molecule has 0 radical (unpaired) electrons. The average molecular weight is 578 g/mol. The van der Waals surface area contributed by atoms with Gasteiger partial charge in [-0.1, -0.05) is 34.8 Å². The summed E-state index contributed by atoms with van der Waals surface area (Å²) in [5, 5.41) is 0.957. The predicted molar refractivity (Wildman–Crippen MR) is 139 cm³/mol. The molecule has 4 rings (SSSR count). The number of sulfonamides is 1. The first-order valence-corrected chi connectivity index (χ1v) is 14.5. The van der Waals surface area contributed by atoms with Crippen LogP contribution in [0.5, 0.6) is 5.75 Å². The van der Waals surface area contributed by atoms with Gasteiger partial charge in [0.05, 0.1) is 14.9 Å². The summed E-state index contributed by atoms with van der Waals surface area (Å²) in [6.45, 7) is 3.26. The lowest BCUT2D eigenvalue weighted by atomic mass is 9.84. The van der Waals surface area contributed by atoms with Gasteiger partial charge in [-0.05, 0) is 75.3 Å². The van der Waals surface area contributed by atoms with Crippen molar-refractivity contribution >= 4 is 50.7 Å². The molecule has 0 bridgehead atoms. The molecule has 1 saturated heterocycles. The number of hydrogen-bond donors (Lipinski definition) is 1. The molecule has 11 heteroatoms. The van der Waals surface area contributed by atoms with Crippen LogP contribution in [0.3, 0.4) is 0 Å². The number of likely N-dealkylation sites (tertiary alicyclic amines) is 1. The highest BCUT2D eigenvalue weighted by Gasteiger charge is 2.33. The molecule has 0 spiro atoms. The maximum Gasteiger partial charge on any atom is 0.264 e.